The maximum Gasteiger partial charge on any atom is 0.268 e. The van der Waals surface area contributed by atoms with Crippen LogP contribution < -0.4 is 4.74 Å². The van der Waals surface area contributed by atoms with Gasteiger partial charge in [0.15, 0.2) is 6.61 Å². The predicted octanol–water partition coefficient (Wildman–Crippen LogP) is 2.70. The predicted molar refractivity (Wildman–Crippen MR) is 95.9 cm³/mol. The summed E-state index contributed by atoms with van der Waals surface area (Å²) in [6.45, 7) is 2.29. The average molecular weight is 371 g/mol. The second kappa shape index (κ2) is 7.67. The number of benzene rings is 1. The molecule has 7 nitrogen and oxygen atoms in total. The molecule has 0 atom stereocenters. The Morgan fingerprint density at radius 2 is 2.04 bits per heavy atom. The lowest BCUT2D eigenvalue weighted by atomic mass is 10.2. The van der Waals surface area contributed by atoms with E-state index in [9.17, 15) is 4.79 Å². The van der Waals surface area contributed by atoms with Gasteiger partial charge >= 0.3 is 0 Å². The molecule has 4 rings (SSSR count). The van der Waals surface area contributed by atoms with Crippen molar-refractivity contribution in [2.45, 2.75) is 0 Å². The van der Waals surface area contributed by atoms with Gasteiger partial charge in [0.2, 0.25) is 5.82 Å². The van der Waals surface area contributed by atoms with Crippen LogP contribution in [0.2, 0.25) is 0 Å². The van der Waals surface area contributed by atoms with Crippen LogP contribution in [0.3, 0.4) is 0 Å². The summed E-state index contributed by atoms with van der Waals surface area (Å²) in [6, 6.07) is 11.2. The van der Waals surface area contributed by atoms with Gasteiger partial charge in [-0.3, -0.25) is 4.79 Å². The van der Waals surface area contributed by atoms with Crippen molar-refractivity contribution in [3.8, 4) is 27.9 Å². The first-order chi connectivity index (χ1) is 12.8. The second-order valence-corrected chi connectivity index (χ2v) is 6.63. The highest BCUT2D eigenvalue weighted by atomic mass is 32.1. The van der Waals surface area contributed by atoms with Gasteiger partial charge in [-0.1, -0.05) is 23.4 Å². The van der Waals surface area contributed by atoms with Crippen LogP contribution in [0.1, 0.15) is 0 Å². The monoisotopic (exact) mass is 371 g/mol. The van der Waals surface area contributed by atoms with Crippen LogP contribution in [0.25, 0.3) is 22.2 Å². The largest absolute Gasteiger partial charge is 0.483 e. The first-order valence-electron chi connectivity index (χ1n) is 8.26. The molecule has 8 heteroatoms. The lowest BCUT2D eigenvalue weighted by Crippen LogP contribution is -2.43. The third-order valence-electron chi connectivity index (χ3n) is 4.00. The summed E-state index contributed by atoms with van der Waals surface area (Å²) in [5.74, 6) is 1.39. The van der Waals surface area contributed by atoms with Gasteiger partial charge in [0.25, 0.3) is 11.8 Å². The van der Waals surface area contributed by atoms with Gasteiger partial charge in [-0.2, -0.15) is 4.98 Å². The quantitative estimate of drug-likeness (QED) is 0.686. The third-order valence-corrected chi connectivity index (χ3v) is 4.86. The SMILES string of the molecule is O=C(COc1ccccc1-c1noc(-c2cccs2)n1)N1CCOCC1. The molecule has 0 radical (unpaired) electrons. The fourth-order valence-corrected chi connectivity index (χ4v) is 3.30. The van der Waals surface area contributed by atoms with Crippen molar-refractivity contribution in [2.24, 2.45) is 0 Å². The summed E-state index contributed by atoms with van der Waals surface area (Å²) in [5, 5.41) is 6.00. The Bertz CT molecular complexity index is 872. The van der Waals surface area contributed by atoms with E-state index in [1.54, 1.807) is 11.0 Å². The minimum absolute atomic E-state index is 0.0351. The summed E-state index contributed by atoms with van der Waals surface area (Å²) >= 11 is 1.53. The number of morpholine rings is 1. The van der Waals surface area contributed by atoms with Gasteiger partial charge in [0.1, 0.15) is 5.75 Å². The second-order valence-electron chi connectivity index (χ2n) is 5.68. The summed E-state index contributed by atoms with van der Waals surface area (Å²) in [7, 11) is 0. The highest BCUT2D eigenvalue weighted by molar-refractivity contribution is 7.13. The number of hydrogen-bond acceptors (Lipinski definition) is 7. The van der Waals surface area contributed by atoms with Crippen LogP contribution in [-0.4, -0.2) is 53.9 Å². The van der Waals surface area contributed by atoms with E-state index in [0.29, 0.717) is 49.3 Å². The molecule has 1 saturated heterocycles. The van der Waals surface area contributed by atoms with Crippen molar-refractivity contribution in [1.82, 2.24) is 15.0 Å². The van der Waals surface area contributed by atoms with Crippen molar-refractivity contribution in [3.63, 3.8) is 0 Å². The fourth-order valence-electron chi connectivity index (χ4n) is 2.65. The highest BCUT2D eigenvalue weighted by Gasteiger charge is 2.19. The molecule has 0 unspecified atom stereocenters. The van der Waals surface area contributed by atoms with E-state index in [0.717, 1.165) is 4.88 Å². The first kappa shape index (κ1) is 16.7. The van der Waals surface area contributed by atoms with Crippen LogP contribution in [0.15, 0.2) is 46.3 Å². The minimum atomic E-state index is -0.0597. The summed E-state index contributed by atoms with van der Waals surface area (Å²) in [4.78, 5) is 19.4. The lowest BCUT2D eigenvalue weighted by molar-refractivity contribution is -0.137. The number of amides is 1. The number of ether oxygens (including phenoxy) is 2. The van der Waals surface area contributed by atoms with Crippen molar-refractivity contribution in [1.29, 1.82) is 0 Å². The van der Waals surface area contributed by atoms with Gasteiger partial charge in [-0.15, -0.1) is 11.3 Å². The number of hydrogen-bond donors (Lipinski definition) is 0. The van der Waals surface area contributed by atoms with E-state index >= 15 is 0 Å². The summed E-state index contributed by atoms with van der Waals surface area (Å²) in [6.07, 6.45) is 0. The van der Waals surface area contributed by atoms with Crippen LogP contribution in [-0.2, 0) is 9.53 Å². The molecule has 134 valence electrons. The van der Waals surface area contributed by atoms with Crippen LogP contribution in [0.5, 0.6) is 5.75 Å². The van der Waals surface area contributed by atoms with Gasteiger partial charge in [-0.05, 0) is 23.6 Å². The van der Waals surface area contributed by atoms with Gasteiger partial charge in [0.05, 0.1) is 23.7 Å². The Morgan fingerprint density at radius 3 is 2.85 bits per heavy atom. The van der Waals surface area contributed by atoms with E-state index in [1.165, 1.54) is 11.3 Å². The fraction of sp³-hybridized carbons (Fsp3) is 0.278. The zero-order valence-corrected chi connectivity index (χ0v) is 14.8. The number of carbonyl (C=O) groups excluding carboxylic acids is 1. The molecule has 1 aliphatic rings. The van der Waals surface area contributed by atoms with E-state index in [1.807, 2.05) is 35.7 Å². The Balaban J connectivity index is 1.49. The van der Waals surface area contributed by atoms with Gasteiger partial charge < -0.3 is 18.9 Å². The molecule has 1 aromatic carbocycles. The standard InChI is InChI=1S/C18H17N3O4S/c22-16(21-7-9-23-10-8-21)12-24-14-5-2-1-4-13(14)17-19-18(25-20-17)15-6-3-11-26-15/h1-6,11H,7-10,12H2. The maximum atomic E-state index is 12.3. The van der Waals surface area contributed by atoms with Crippen molar-refractivity contribution in [2.75, 3.05) is 32.9 Å². The summed E-state index contributed by atoms with van der Waals surface area (Å²) in [5.41, 5.74) is 0.689. The van der Waals surface area contributed by atoms with Crippen LogP contribution in [0, 0.1) is 0 Å². The summed E-state index contributed by atoms with van der Waals surface area (Å²) < 4.78 is 16.4. The van der Waals surface area contributed by atoms with Crippen LogP contribution in [0.4, 0.5) is 0 Å². The molecular weight excluding hydrogens is 354 g/mol. The van der Waals surface area contributed by atoms with Crippen molar-refractivity contribution in [3.05, 3.63) is 41.8 Å². The Morgan fingerprint density at radius 1 is 1.19 bits per heavy atom. The van der Waals surface area contributed by atoms with E-state index in [2.05, 4.69) is 10.1 Å². The molecule has 1 aliphatic heterocycles. The zero-order chi connectivity index (χ0) is 17.8. The van der Waals surface area contributed by atoms with E-state index < -0.39 is 0 Å². The van der Waals surface area contributed by atoms with E-state index in [4.69, 9.17) is 14.0 Å². The maximum absolute atomic E-state index is 12.3. The molecule has 1 amide bonds. The number of carbonyl (C=O) groups is 1. The van der Waals surface area contributed by atoms with Crippen LogP contribution >= 0.6 is 11.3 Å². The van der Waals surface area contributed by atoms with Gasteiger partial charge in [0, 0.05) is 13.1 Å². The normalized spacial score (nSPS) is 14.4. The van der Waals surface area contributed by atoms with E-state index in [-0.39, 0.29) is 12.5 Å². The third kappa shape index (κ3) is 3.61. The minimum Gasteiger partial charge on any atom is -0.483 e. The van der Waals surface area contributed by atoms with Crippen molar-refractivity contribution < 1.29 is 18.8 Å². The number of para-hydroxylation sites is 1. The Kier molecular flexibility index (Phi) is 4.94. The topological polar surface area (TPSA) is 77.7 Å². The number of nitrogens with zero attached hydrogens (tertiary/aromatic N) is 3. The van der Waals surface area contributed by atoms with Gasteiger partial charge in [-0.25, -0.2) is 0 Å². The number of rotatable bonds is 5. The molecule has 0 bridgehead atoms. The Hall–Kier alpha value is -2.71. The Labute approximate surface area is 154 Å². The molecule has 3 aromatic rings. The zero-order valence-electron chi connectivity index (χ0n) is 14.0. The molecule has 3 heterocycles. The molecule has 1 fully saturated rings. The number of aromatic nitrogens is 2. The average Bonchev–Trinajstić information content (AvgIpc) is 3.38. The highest BCUT2D eigenvalue weighted by Crippen LogP contribution is 2.30. The van der Waals surface area contributed by atoms with Crippen molar-refractivity contribution >= 4 is 17.2 Å². The first-order valence-corrected chi connectivity index (χ1v) is 9.14. The molecule has 0 N–H and O–H groups in total. The molecule has 0 aliphatic carbocycles. The molecule has 0 spiro atoms. The smallest absolute Gasteiger partial charge is 0.268 e. The molecule has 26 heavy (non-hydrogen) atoms. The lowest BCUT2D eigenvalue weighted by Gasteiger charge is -2.26. The molecule has 2 aromatic heterocycles. The molecular formula is C18H17N3O4S. The molecule has 0 saturated carbocycles. The number of thiophene rings is 1.